The van der Waals surface area contributed by atoms with E-state index in [1.165, 1.54) is 4.90 Å². The molecule has 0 bridgehead atoms. The van der Waals surface area contributed by atoms with Crippen molar-refractivity contribution in [3.05, 3.63) is 16.4 Å². The van der Waals surface area contributed by atoms with Gasteiger partial charge in [-0.25, -0.2) is 9.59 Å². The van der Waals surface area contributed by atoms with Crippen LogP contribution in [0.5, 0.6) is 0 Å². The molecule has 1 amide bonds. The monoisotopic (exact) mass is 271 g/mol. The van der Waals surface area contributed by atoms with E-state index < -0.39 is 23.5 Å². The maximum Gasteiger partial charge on any atom is 0.438 e. The van der Waals surface area contributed by atoms with Gasteiger partial charge in [0.15, 0.2) is 5.82 Å². The zero-order valence-corrected chi connectivity index (χ0v) is 11.1. The van der Waals surface area contributed by atoms with Crippen LogP contribution in [-0.2, 0) is 9.47 Å². The third kappa shape index (κ3) is 3.34. The Morgan fingerprint density at radius 2 is 2.26 bits per heavy atom. The molecule has 19 heavy (non-hydrogen) atoms. The predicted molar refractivity (Wildman–Crippen MR) is 63.6 cm³/mol. The molecule has 1 aliphatic rings. The number of amides is 1. The highest BCUT2D eigenvalue weighted by Gasteiger charge is 2.34. The summed E-state index contributed by atoms with van der Waals surface area (Å²) in [5, 5.41) is 3.60. The summed E-state index contributed by atoms with van der Waals surface area (Å²) in [4.78, 5) is 27.0. The largest absolute Gasteiger partial charge is 0.444 e. The summed E-state index contributed by atoms with van der Waals surface area (Å²) < 4.78 is 15.1. The van der Waals surface area contributed by atoms with Gasteiger partial charge in [0, 0.05) is 6.54 Å². The van der Waals surface area contributed by atoms with E-state index in [1.54, 1.807) is 20.8 Å². The topological polar surface area (TPSA) is 97.7 Å². The Balaban J connectivity index is 2.16. The van der Waals surface area contributed by atoms with Crippen LogP contribution in [0.15, 0.2) is 9.32 Å². The Bertz CT molecular complexity index is 501. The Kier molecular flexibility index (Phi) is 3.61. The lowest BCUT2D eigenvalue weighted by Crippen LogP contribution is -2.46. The van der Waals surface area contributed by atoms with Gasteiger partial charge in [-0.05, 0) is 20.8 Å². The molecule has 0 aliphatic carbocycles. The molecule has 1 unspecified atom stereocenters. The van der Waals surface area contributed by atoms with Gasteiger partial charge >= 0.3 is 11.8 Å². The molecule has 0 spiro atoms. The van der Waals surface area contributed by atoms with Crippen LogP contribution in [0.1, 0.15) is 32.6 Å². The van der Waals surface area contributed by atoms with E-state index in [-0.39, 0.29) is 12.4 Å². The second-order valence-electron chi connectivity index (χ2n) is 5.24. The smallest absolute Gasteiger partial charge is 0.438 e. The molecule has 1 atom stereocenters. The van der Waals surface area contributed by atoms with Crippen LogP contribution in [0.4, 0.5) is 4.79 Å². The number of ether oxygens (including phenoxy) is 2. The molecule has 8 heteroatoms. The first-order valence-electron chi connectivity index (χ1n) is 6.00. The average molecular weight is 271 g/mol. The first-order valence-corrected chi connectivity index (χ1v) is 6.00. The SMILES string of the molecule is CC(C)(C)OC(=O)N1CCOCC1c1noc(=O)[nH]1. The van der Waals surface area contributed by atoms with Gasteiger partial charge in [0.2, 0.25) is 0 Å². The Morgan fingerprint density at radius 1 is 1.53 bits per heavy atom. The van der Waals surface area contributed by atoms with Crippen LogP contribution >= 0.6 is 0 Å². The molecule has 0 radical (unpaired) electrons. The number of nitrogens with one attached hydrogen (secondary N) is 1. The Hall–Kier alpha value is -1.83. The Morgan fingerprint density at radius 3 is 2.84 bits per heavy atom. The maximum absolute atomic E-state index is 12.1. The van der Waals surface area contributed by atoms with Crippen molar-refractivity contribution in [1.82, 2.24) is 15.0 Å². The summed E-state index contributed by atoms with van der Waals surface area (Å²) in [6, 6.07) is -0.505. The number of hydrogen-bond donors (Lipinski definition) is 1. The highest BCUT2D eigenvalue weighted by molar-refractivity contribution is 5.68. The van der Waals surface area contributed by atoms with Gasteiger partial charge in [-0.15, -0.1) is 0 Å². The number of morpholine rings is 1. The summed E-state index contributed by atoms with van der Waals surface area (Å²) >= 11 is 0. The van der Waals surface area contributed by atoms with Crippen LogP contribution in [-0.4, -0.2) is 46.5 Å². The fraction of sp³-hybridized carbons (Fsp3) is 0.727. The Labute approximate surface area is 109 Å². The molecule has 8 nitrogen and oxygen atoms in total. The number of carbonyl (C=O) groups is 1. The van der Waals surface area contributed by atoms with Crippen molar-refractivity contribution in [2.75, 3.05) is 19.8 Å². The number of aromatic nitrogens is 2. The second-order valence-corrected chi connectivity index (χ2v) is 5.24. The van der Waals surface area contributed by atoms with Gasteiger partial charge in [0.1, 0.15) is 11.6 Å². The van der Waals surface area contributed by atoms with Gasteiger partial charge in [-0.2, -0.15) is 0 Å². The van der Waals surface area contributed by atoms with E-state index in [0.717, 1.165) is 0 Å². The normalized spacial score (nSPS) is 20.4. The number of rotatable bonds is 1. The molecule has 0 aromatic carbocycles. The van der Waals surface area contributed by atoms with E-state index in [0.29, 0.717) is 13.2 Å². The predicted octanol–water partition coefficient (Wildman–Crippen LogP) is 0.671. The van der Waals surface area contributed by atoms with Crippen molar-refractivity contribution >= 4 is 6.09 Å². The minimum absolute atomic E-state index is 0.238. The lowest BCUT2D eigenvalue weighted by Gasteiger charge is -2.35. The summed E-state index contributed by atoms with van der Waals surface area (Å²) in [6.45, 7) is 6.39. The highest BCUT2D eigenvalue weighted by atomic mass is 16.6. The number of carbonyl (C=O) groups excluding carboxylic acids is 1. The molecule has 1 fully saturated rings. The fourth-order valence-electron chi connectivity index (χ4n) is 1.75. The zero-order chi connectivity index (χ0) is 14.0. The number of H-pyrrole nitrogens is 1. The summed E-state index contributed by atoms with van der Waals surface area (Å²) in [5.74, 6) is -0.403. The standard InChI is InChI=1S/C11H17N3O5/c1-11(2,3)18-10(16)14-4-5-17-6-7(14)8-12-9(15)19-13-8/h7H,4-6H2,1-3H3,(H,12,13,15). The molecular weight excluding hydrogens is 254 g/mol. The van der Waals surface area contributed by atoms with Gasteiger partial charge in [0.05, 0.1) is 13.2 Å². The van der Waals surface area contributed by atoms with Gasteiger partial charge in [-0.3, -0.25) is 14.4 Å². The van der Waals surface area contributed by atoms with Crippen LogP contribution in [0.25, 0.3) is 0 Å². The lowest BCUT2D eigenvalue weighted by atomic mass is 10.2. The molecular formula is C11H17N3O5. The molecule has 0 saturated carbocycles. The van der Waals surface area contributed by atoms with Gasteiger partial charge in [0.25, 0.3) is 0 Å². The third-order valence-corrected chi connectivity index (χ3v) is 2.53. The molecule has 2 heterocycles. The summed E-state index contributed by atoms with van der Waals surface area (Å²) in [6.07, 6.45) is -0.468. The van der Waals surface area contributed by atoms with Crippen molar-refractivity contribution < 1.29 is 18.8 Å². The van der Waals surface area contributed by atoms with Crippen LogP contribution in [0.2, 0.25) is 0 Å². The number of hydrogen-bond acceptors (Lipinski definition) is 6. The lowest BCUT2D eigenvalue weighted by molar-refractivity contribution is -0.0354. The summed E-state index contributed by atoms with van der Waals surface area (Å²) in [5.41, 5.74) is -0.586. The van der Waals surface area contributed by atoms with E-state index in [2.05, 4.69) is 14.7 Å². The van der Waals surface area contributed by atoms with Crippen molar-refractivity contribution in [3.63, 3.8) is 0 Å². The van der Waals surface area contributed by atoms with Crippen molar-refractivity contribution in [1.29, 1.82) is 0 Å². The number of nitrogens with zero attached hydrogens (tertiary/aromatic N) is 2. The fourth-order valence-corrected chi connectivity index (χ4v) is 1.75. The van der Waals surface area contributed by atoms with Crippen molar-refractivity contribution in [2.24, 2.45) is 0 Å². The number of aromatic amines is 1. The quantitative estimate of drug-likeness (QED) is 0.806. The van der Waals surface area contributed by atoms with Gasteiger partial charge in [-0.1, -0.05) is 5.16 Å². The van der Waals surface area contributed by atoms with E-state index in [9.17, 15) is 9.59 Å². The molecule has 1 aromatic rings. The molecule has 1 saturated heterocycles. The minimum atomic E-state index is -0.662. The molecule has 1 N–H and O–H groups in total. The van der Waals surface area contributed by atoms with Crippen LogP contribution in [0.3, 0.4) is 0 Å². The second kappa shape index (κ2) is 5.04. The molecule has 2 rings (SSSR count). The van der Waals surface area contributed by atoms with Gasteiger partial charge < -0.3 is 9.47 Å². The zero-order valence-electron chi connectivity index (χ0n) is 11.1. The van der Waals surface area contributed by atoms with Crippen LogP contribution < -0.4 is 5.76 Å². The molecule has 1 aliphatic heterocycles. The minimum Gasteiger partial charge on any atom is -0.444 e. The maximum atomic E-state index is 12.1. The first kappa shape index (κ1) is 13.6. The average Bonchev–Trinajstić information content (AvgIpc) is 2.73. The summed E-state index contributed by atoms with van der Waals surface area (Å²) in [7, 11) is 0. The van der Waals surface area contributed by atoms with Crippen molar-refractivity contribution in [3.8, 4) is 0 Å². The molecule has 1 aromatic heterocycles. The molecule has 106 valence electrons. The third-order valence-electron chi connectivity index (χ3n) is 2.53. The first-order chi connectivity index (χ1) is 8.87. The van der Waals surface area contributed by atoms with E-state index in [1.807, 2.05) is 0 Å². The van der Waals surface area contributed by atoms with Crippen LogP contribution in [0, 0.1) is 0 Å². The van der Waals surface area contributed by atoms with E-state index in [4.69, 9.17) is 9.47 Å². The highest BCUT2D eigenvalue weighted by Crippen LogP contribution is 2.23. The van der Waals surface area contributed by atoms with Crippen molar-refractivity contribution in [2.45, 2.75) is 32.4 Å². The van der Waals surface area contributed by atoms with E-state index >= 15 is 0 Å².